The summed E-state index contributed by atoms with van der Waals surface area (Å²) in [6, 6.07) is 5.70. The fourth-order valence-electron chi connectivity index (χ4n) is 1.25. The minimum absolute atomic E-state index is 0.664. The van der Waals surface area contributed by atoms with Crippen molar-refractivity contribution < 1.29 is 4.74 Å². The van der Waals surface area contributed by atoms with Crippen molar-refractivity contribution in [2.24, 2.45) is 0 Å². The van der Waals surface area contributed by atoms with E-state index in [0.29, 0.717) is 11.4 Å². The number of hydrogen-bond acceptors (Lipinski definition) is 3. The van der Waals surface area contributed by atoms with Gasteiger partial charge in [-0.2, -0.15) is 0 Å². The van der Waals surface area contributed by atoms with Crippen LogP contribution in [0.2, 0.25) is 4.34 Å². The topological polar surface area (TPSA) is 35.2 Å². The van der Waals surface area contributed by atoms with Gasteiger partial charge in [0.25, 0.3) is 0 Å². The molecule has 2 aromatic rings. The molecule has 0 atom stereocenters. The molecule has 68 valence electrons. The average Bonchev–Trinajstić information content (AvgIpc) is 2.47. The smallest absolute Gasteiger partial charge is 0.143 e. The van der Waals surface area contributed by atoms with Crippen LogP contribution in [0.15, 0.2) is 18.2 Å². The standard InChI is InChI=1S/C9H8ClNOS/c1-12-6-3-2-5-4-7(10)13-9(5)8(6)11/h2-4H,11H2,1H3. The van der Waals surface area contributed by atoms with Gasteiger partial charge in [0.1, 0.15) is 5.75 Å². The van der Waals surface area contributed by atoms with E-state index in [2.05, 4.69) is 0 Å². The first-order chi connectivity index (χ1) is 6.22. The van der Waals surface area contributed by atoms with Crippen molar-refractivity contribution >= 4 is 38.7 Å². The van der Waals surface area contributed by atoms with Crippen LogP contribution < -0.4 is 10.5 Å². The maximum Gasteiger partial charge on any atom is 0.143 e. The third kappa shape index (κ3) is 1.34. The summed E-state index contributed by atoms with van der Waals surface area (Å²) in [6.45, 7) is 0. The van der Waals surface area contributed by atoms with Crippen molar-refractivity contribution in [3.8, 4) is 5.75 Å². The van der Waals surface area contributed by atoms with E-state index in [4.69, 9.17) is 22.1 Å². The molecule has 13 heavy (non-hydrogen) atoms. The van der Waals surface area contributed by atoms with Gasteiger partial charge in [-0.1, -0.05) is 11.6 Å². The minimum atomic E-state index is 0.664. The van der Waals surface area contributed by atoms with Crippen molar-refractivity contribution in [2.75, 3.05) is 12.8 Å². The number of thiophene rings is 1. The molecule has 2 rings (SSSR count). The number of halogens is 1. The SMILES string of the molecule is COc1ccc2cc(Cl)sc2c1N. The molecule has 0 unspecified atom stereocenters. The number of hydrogen-bond donors (Lipinski definition) is 1. The second-order valence-electron chi connectivity index (χ2n) is 2.65. The molecule has 0 saturated heterocycles. The summed E-state index contributed by atoms with van der Waals surface area (Å²) in [7, 11) is 1.60. The molecule has 0 bridgehead atoms. The highest BCUT2D eigenvalue weighted by Crippen LogP contribution is 2.37. The lowest BCUT2D eigenvalue weighted by Crippen LogP contribution is -1.91. The van der Waals surface area contributed by atoms with Gasteiger partial charge in [0, 0.05) is 0 Å². The largest absolute Gasteiger partial charge is 0.495 e. The summed E-state index contributed by atoms with van der Waals surface area (Å²) in [5.74, 6) is 0.700. The lowest BCUT2D eigenvalue weighted by atomic mass is 10.2. The Labute approximate surface area is 84.9 Å². The Morgan fingerprint density at radius 1 is 1.46 bits per heavy atom. The van der Waals surface area contributed by atoms with Gasteiger partial charge in [-0.3, -0.25) is 0 Å². The molecule has 0 radical (unpaired) electrons. The highest BCUT2D eigenvalue weighted by molar-refractivity contribution is 7.23. The predicted octanol–water partition coefficient (Wildman–Crippen LogP) is 3.15. The number of methoxy groups -OCH3 is 1. The molecule has 0 amide bonds. The Bertz CT molecular complexity index is 452. The van der Waals surface area contributed by atoms with Crippen molar-refractivity contribution in [3.05, 3.63) is 22.5 Å². The number of benzene rings is 1. The van der Waals surface area contributed by atoms with Gasteiger partial charge in [0.15, 0.2) is 0 Å². The molecule has 1 heterocycles. The van der Waals surface area contributed by atoms with Crippen LogP contribution in [0.4, 0.5) is 5.69 Å². The van der Waals surface area contributed by atoms with Crippen LogP contribution in [-0.2, 0) is 0 Å². The average molecular weight is 214 g/mol. The van der Waals surface area contributed by atoms with Gasteiger partial charge >= 0.3 is 0 Å². The number of fused-ring (bicyclic) bond motifs is 1. The summed E-state index contributed by atoms with van der Waals surface area (Å²) in [5.41, 5.74) is 6.53. The van der Waals surface area contributed by atoms with Gasteiger partial charge in [-0.25, -0.2) is 0 Å². The van der Waals surface area contributed by atoms with Crippen molar-refractivity contribution in [2.45, 2.75) is 0 Å². The minimum Gasteiger partial charge on any atom is -0.495 e. The zero-order valence-corrected chi connectivity index (χ0v) is 8.58. The van der Waals surface area contributed by atoms with Crippen LogP contribution >= 0.6 is 22.9 Å². The maximum atomic E-state index is 5.87. The number of ether oxygens (including phenoxy) is 1. The normalized spacial score (nSPS) is 10.6. The van der Waals surface area contributed by atoms with E-state index < -0.39 is 0 Å². The quantitative estimate of drug-likeness (QED) is 0.739. The predicted molar refractivity (Wildman–Crippen MR) is 57.8 cm³/mol. The second kappa shape index (κ2) is 3.09. The van der Waals surface area contributed by atoms with E-state index in [-0.39, 0.29) is 0 Å². The van der Waals surface area contributed by atoms with E-state index in [1.807, 2.05) is 18.2 Å². The van der Waals surface area contributed by atoms with Crippen molar-refractivity contribution in [3.63, 3.8) is 0 Å². The van der Waals surface area contributed by atoms with E-state index in [9.17, 15) is 0 Å². The Kier molecular flexibility index (Phi) is 2.06. The molecule has 0 spiro atoms. The van der Waals surface area contributed by atoms with Crippen LogP contribution in [0.3, 0.4) is 0 Å². The molecule has 0 fully saturated rings. The molecule has 0 saturated carbocycles. The van der Waals surface area contributed by atoms with Gasteiger partial charge < -0.3 is 10.5 Å². The summed E-state index contributed by atoms with van der Waals surface area (Å²) < 4.78 is 6.84. The lowest BCUT2D eigenvalue weighted by Gasteiger charge is -2.03. The Hall–Kier alpha value is -0.930. The third-order valence-electron chi connectivity index (χ3n) is 1.87. The molecule has 4 heteroatoms. The van der Waals surface area contributed by atoms with Gasteiger partial charge in [0.2, 0.25) is 0 Å². The number of nitrogen functional groups attached to an aromatic ring is 1. The molecule has 1 aromatic carbocycles. The molecule has 2 N–H and O–H groups in total. The Morgan fingerprint density at radius 2 is 2.23 bits per heavy atom. The molecule has 2 nitrogen and oxygen atoms in total. The van der Waals surface area contributed by atoms with E-state index >= 15 is 0 Å². The van der Waals surface area contributed by atoms with Gasteiger partial charge in [-0.15, -0.1) is 11.3 Å². The fraction of sp³-hybridized carbons (Fsp3) is 0.111. The van der Waals surface area contributed by atoms with Crippen LogP contribution in [-0.4, -0.2) is 7.11 Å². The zero-order chi connectivity index (χ0) is 9.42. The molecule has 0 aliphatic carbocycles. The molecular formula is C9H8ClNOS. The second-order valence-corrected chi connectivity index (χ2v) is 4.33. The first kappa shape index (κ1) is 8.66. The lowest BCUT2D eigenvalue weighted by molar-refractivity contribution is 0.417. The molecular weight excluding hydrogens is 206 g/mol. The van der Waals surface area contributed by atoms with Gasteiger partial charge in [-0.05, 0) is 23.6 Å². The number of anilines is 1. The zero-order valence-electron chi connectivity index (χ0n) is 7.00. The summed E-state index contributed by atoms with van der Waals surface area (Å²) >= 11 is 7.34. The molecule has 1 aromatic heterocycles. The first-order valence-corrected chi connectivity index (χ1v) is 4.93. The molecule has 0 aliphatic rings. The summed E-state index contributed by atoms with van der Waals surface area (Å²) in [5, 5.41) is 1.06. The number of nitrogens with two attached hydrogens (primary N) is 1. The van der Waals surface area contributed by atoms with Crippen molar-refractivity contribution in [1.29, 1.82) is 0 Å². The highest BCUT2D eigenvalue weighted by Gasteiger charge is 2.07. The first-order valence-electron chi connectivity index (χ1n) is 3.74. The maximum absolute atomic E-state index is 5.87. The highest BCUT2D eigenvalue weighted by atomic mass is 35.5. The fourth-order valence-corrected chi connectivity index (χ4v) is 2.44. The van der Waals surface area contributed by atoms with Crippen LogP contribution in [0.25, 0.3) is 10.1 Å². The molecule has 0 aliphatic heterocycles. The third-order valence-corrected chi connectivity index (χ3v) is 3.19. The number of rotatable bonds is 1. The Morgan fingerprint density at radius 3 is 2.92 bits per heavy atom. The van der Waals surface area contributed by atoms with Gasteiger partial charge in [0.05, 0.1) is 21.8 Å². The Balaban J connectivity index is 2.78. The van der Waals surface area contributed by atoms with Crippen LogP contribution in [0.1, 0.15) is 0 Å². The summed E-state index contributed by atoms with van der Waals surface area (Å²) in [4.78, 5) is 0. The summed E-state index contributed by atoms with van der Waals surface area (Å²) in [6.07, 6.45) is 0. The van der Waals surface area contributed by atoms with Crippen LogP contribution in [0, 0.1) is 0 Å². The van der Waals surface area contributed by atoms with E-state index in [1.54, 1.807) is 7.11 Å². The van der Waals surface area contributed by atoms with E-state index in [0.717, 1.165) is 14.4 Å². The van der Waals surface area contributed by atoms with E-state index in [1.165, 1.54) is 11.3 Å². The monoisotopic (exact) mass is 213 g/mol. The van der Waals surface area contributed by atoms with Crippen molar-refractivity contribution in [1.82, 2.24) is 0 Å². The van der Waals surface area contributed by atoms with Crippen LogP contribution in [0.5, 0.6) is 5.75 Å².